The van der Waals surface area contributed by atoms with Crippen molar-refractivity contribution in [3.8, 4) is 11.5 Å². The van der Waals surface area contributed by atoms with Crippen LogP contribution in [0.5, 0.6) is 11.5 Å². The molecule has 0 saturated heterocycles. The predicted molar refractivity (Wildman–Crippen MR) is 143 cm³/mol. The lowest BCUT2D eigenvalue weighted by atomic mass is 10.1. The van der Waals surface area contributed by atoms with Crippen LogP contribution in [0.1, 0.15) is 106 Å². The van der Waals surface area contributed by atoms with Crippen LogP contribution in [0.2, 0.25) is 0 Å². The molecule has 3 rings (SSSR count). The SMILES string of the molecule is CCCCCCCCOc1ccc(C(=O)Oc2ccc([C@H]3C[C@@H]3COCCCCCC)cc2)cc1. The Labute approximate surface area is 212 Å². The van der Waals surface area contributed by atoms with Gasteiger partial charge >= 0.3 is 5.97 Å². The Hall–Kier alpha value is -2.33. The van der Waals surface area contributed by atoms with Gasteiger partial charge in [0.15, 0.2) is 0 Å². The average Bonchev–Trinajstić information content (AvgIpc) is 3.66. The van der Waals surface area contributed by atoms with Crippen molar-refractivity contribution in [2.75, 3.05) is 19.8 Å². The van der Waals surface area contributed by atoms with E-state index in [0.29, 0.717) is 23.1 Å². The molecule has 0 heterocycles. The molecule has 2 atom stereocenters. The van der Waals surface area contributed by atoms with Crippen molar-refractivity contribution in [1.82, 2.24) is 0 Å². The minimum Gasteiger partial charge on any atom is -0.494 e. The Morgan fingerprint density at radius 3 is 2.06 bits per heavy atom. The summed E-state index contributed by atoms with van der Waals surface area (Å²) in [5.74, 6) is 2.21. The molecule has 0 amide bonds. The minimum absolute atomic E-state index is 0.346. The molecule has 4 nitrogen and oxygen atoms in total. The zero-order valence-electron chi connectivity index (χ0n) is 21.8. The second-order valence-electron chi connectivity index (χ2n) is 9.84. The fourth-order valence-corrected chi connectivity index (χ4v) is 4.41. The molecule has 0 spiro atoms. The van der Waals surface area contributed by atoms with Gasteiger partial charge < -0.3 is 14.2 Å². The van der Waals surface area contributed by atoms with Crippen LogP contribution < -0.4 is 9.47 Å². The summed E-state index contributed by atoms with van der Waals surface area (Å²) in [7, 11) is 0. The van der Waals surface area contributed by atoms with Crippen molar-refractivity contribution in [2.45, 2.75) is 90.4 Å². The first-order valence-electron chi connectivity index (χ1n) is 13.8. The van der Waals surface area contributed by atoms with E-state index in [1.165, 1.54) is 69.8 Å². The summed E-state index contributed by atoms with van der Waals surface area (Å²) in [5, 5.41) is 0. The molecule has 192 valence electrons. The molecule has 4 heteroatoms. The lowest BCUT2D eigenvalue weighted by molar-refractivity contribution is 0.0734. The molecule has 1 fully saturated rings. The summed E-state index contributed by atoms with van der Waals surface area (Å²) in [6.45, 7) is 6.91. The molecule has 2 aromatic rings. The van der Waals surface area contributed by atoms with Crippen LogP contribution in [0.25, 0.3) is 0 Å². The molecular weight excluding hydrogens is 436 g/mol. The monoisotopic (exact) mass is 480 g/mol. The Kier molecular flexibility index (Phi) is 12.2. The van der Waals surface area contributed by atoms with Crippen molar-refractivity contribution >= 4 is 5.97 Å². The number of carbonyl (C=O) groups is 1. The van der Waals surface area contributed by atoms with Gasteiger partial charge in [-0.3, -0.25) is 0 Å². The molecule has 1 aliphatic carbocycles. The van der Waals surface area contributed by atoms with Crippen molar-refractivity contribution in [3.63, 3.8) is 0 Å². The summed E-state index contributed by atoms with van der Waals surface area (Å²) >= 11 is 0. The van der Waals surface area contributed by atoms with Crippen molar-refractivity contribution in [2.24, 2.45) is 5.92 Å². The lowest BCUT2D eigenvalue weighted by Gasteiger charge is -2.08. The smallest absolute Gasteiger partial charge is 0.343 e. The summed E-state index contributed by atoms with van der Waals surface area (Å²) in [6, 6.07) is 15.2. The van der Waals surface area contributed by atoms with E-state index in [1.807, 2.05) is 24.3 Å². The maximum absolute atomic E-state index is 12.5. The molecule has 1 saturated carbocycles. The van der Waals surface area contributed by atoms with E-state index in [1.54, 1.807) is 12.1 Å². The topological polar surface area (TPSA) is 44.8 Å². The number of hydrogen-bond acceptors (Lipinski definition) is 4. The zero-order chi connectivity index (χ0) is 24.7. The van der Waals surface area contributed by atoms with Gasteiger partial charge in [0.1, 0.15) is 11.5 Å². The summed E-state index contributed by atoms with van der Waals surface area (Å²) < 4.78 is 17.2. The van der Waals surface area contributed by atoms with Gasteiger partial charge in [-0.25, -0.2) is 4.79 Å². The highest BCUT2D eigenvalue weighted by Crippen LogP contribution is 2.47. The number of carbonyl (C=O) groups excluding carboxylic acids is 1. The predicted octanol–water partition coefficient (Wildman–Crippen LogP) is 8.35. The fraction of sp³-hybridized carbons (Fsp3) is 0.581. The first kappa shape index (κ1) is 27.3. The third-order valence-corrected chi connectivity index (χ3v) is 6.77. The first-order valence-corrected chi connectivity index (χ1v) is 13.8. The number of rotatable bonds is 18. The Morgan fingerprint density at radius 2 is 1.34 bits per heavy atom. The Bertz CT molecular complexity index is 843. The minimum atomic E-state index is -0.346. The molecule has 1 aliphatic rings. The summed E-state index contributed by atoms with van der Waals surface area (Å²) in [4.78, 5) is 12.5. The van der Waals surface area contributed by atoms with Crippen molar-refractivity contribution in [3.05, 3.63) is 59.7 Å². The standard InChI is InChI=1S/C31H44O4/c1-3-5-7-9-10-12-22-34-28-17-15-26(16-18-28)31(32)35-29-19-13-25(14-20-29)30-23-27(30)24-33-21-11-8-6-4-2/h13-20,27,30H,3-12,21-24H2,1-2H3/t27-,30-/m1/s1. The van der Waals surface area contributed by atoms with E-state index in [-0.39, 0.29) is 5.97 Å². The number of ether oxygens (including phenoxy) is 3. The quantitative estimate of drug-likeness (QED) is 0.122. The van der Waals surface area contributed by atoms with E-state index in [4.69, 9.17) is 14.2 Å². The van der Waals surface area contributed by atoms with Crippen LogP contribution in [0.3, 0.4) is 0 Å². The fourth-order valence-electron chi connectivity index (χ4n) is 4.41. The molecule has 0 unspecified atom stereocenters. The van der Waals surface area contributed by atoms with E-state index in [9.17, 15) is 4.79 Å². The molecule has 0 aliphatic heterocycles. The first-order chi connectivity index (χ1) is 17.2. The van der Waals surface area contributed by atoms with E-state index >= 15 is 0 Å². The number of unbranched alkanes of at least 4 members (excludes halogenated alkanes) is 8. The highest BCUT2D eigenvalue weighted by molar-refractivity contribution is 5.91. The molecule has 0 radical (unpaired) electrons. The third-order valence-electron chi connectivity index (χ3n) is 6.77. The average molecular weight is 481 g/mol. The van der Waals surface area contributed by atoms with Crippen molar-refractivity contribution in [1.29, 1.82) is 0 Å². The molecule has 35 heavy (non-hydrogen) atoms. The molecule has 2 aromatic carbocycles. The van der Waals surface area contributed by atoms with E-state index in [2.05, 4.69) is 26.0 Å². The summed E-state index contributed by atoms with van der Waals surface area (Å²) in [5.41, 5.74) is 1.83. The number of hydrogen-bond donors (Lipinski definition) is 0. The number of benzene rings is 2. The van der Waals surface area contributed by atoms with Gasteiger partial charge in [-0.2, -0.15) is 0 Å². The summed E-state index contributed by atoms with van der Waals surface area (Å²) in [6.07, 6.45) is 13.6. The van der Waals surface area contributed by atoms with Gasteiger partial charge in [-0.05, 0) is 73.1 Å². The van der Waals surface area contributed by atoms with Crippen LogP contribution in [-0.4, -0.2) is 25.8 Å². The van der Waals surface area contributed by atoms with Crippen LogP contribution in [-0.2, 0) is 4.74 Å². The normalized spacial score (nSPS) is 16.7. The van der Waals surface area contributed by atoms with Crippen LogP contribution >= 0.6 is 0 Å². The zero-order valence-corrected chi connectivity index (χ0v) is 21.8. The molecular formula is C31H44O4. The van der Waals surface area contributed by atoms with Gasteiger partial charge in [0, 0.05) is 13.2 Å². The lowest BCUT2D eigenvalue weighted by Crippen LogP contribution is -2.08. The van der Waals surface area contributed by atoms with Gasteiger partial charge in [-0.15, -0.1) is 0 Å². The van der Waals surface area contributed by atoms with Gasteiger partial charge in [0.25, 0.3) is 0 Å². The van der Waals surface area contributed by atoms with Crippen molar-refractivity contribution < 1.29 is 19.0 Å². The van der Waals surface area contributed by atoms with Gasteiger partial charge in [0.2, 0.25) is 0 Å². The Balaban J connectivity index is 1.33. The van der Waals surface area contributed by atoms with E-state index in [0.717, 1.165) is 32.0 Å². The molecule has 0 bridgehead atoms. The number of esters is 1. The van der Waals surface area contributed by atoms with Gasteiger partial charge in [0.05, 0.1) is 12.2 Å². The second kappa shape index (κ2) is 15.6. The molecule has 0 aromatic heterocycles. The van der Waals surface area contributed by atoms with Gasteiger partial charge in [-0.1, -0.05) is 77.3 Å². The molecule has 0 N–H and O–H groups in total. The maximum Gasteiger partial charge on any atom is 0.343 e. The highest BCUT2D eigenvalue weighted by Gasteiger charge is 2.38. The largest absolute Gasteiger partial charge is 0.494 e. The Morgan fingerprint density at radius 1 is 0.743 bits per heavy atom. The third kappa shape index (κ3) is 10.0. The van der Waals surface area contributed by atoms with Crippen LogP contribution in [0.4, 0.5) is 0 Å². The maximum atomic E-state index is 12.5. The second-order valence-corrected chi connectivity index (χ2v) is 9.84. The van der Waals surface area contributed by atoms with Crippen LogP contribution in [0.15, 0.2) is 48.5 Å². The van der Waals surface area contributed by atoms with Crippen LogP contribution in [0, 0.1) is 5.92 Å². The highest BCUT2D eigenvalue weighted by atomic mass is 16.5. The van der Waals surface area contributed by atoms with E-state index < -0.39 is 0 Å².